The molecule has 4 N–H and O–H groups in total. The Bertz CT molecular complexity index is 704. The smallest absolute Gasteiger partial charge is 0.154 e. The van der Waals surface area contributed by atoms with Crippen molar-refractivity contribution < 1.29 is 0 Å². The van der Waals surface area contributed by atoms with Crippen molar-refractivity contribution in [1.82, 2.24) is 0 Å². The number of rotatable bonds is 2. The van der Waals surface area contributed by atoms with Gasteiger partial charge in [-0.3, -0.25) is 0 Å². The molecule has 1 aliphatic heterocycles. The lowest BCUT2D eigenvalue weighted by molar-refractivity contribution is 0.692. The van der Waals surface area contributed by atoms with Gasteiger partial charge < -0.3 is 16.4 Å². The van der Waals surface area contributed by atoms with Gasteiger partial charge >= 0.3 is 0 Å². The summed E-state index contributed by atoms with van der Waals surface area (Å²) in [6, 6.07) is 18.2. The highest BCUT2D eigenvalue weighted by Crippen LogP contribution is 2.33. The largest absolute Gasteiger partial charge is 0.385 e. The molecule has 0 spiro atoms. The zero-order valence-corrected chi connectivity index (χ0v) is 11.9. The number of benzene rings is 2. The normalized spacial score (nSPS) is 18.1. The molecule has 0 saturated heterocycles. The lowest BCUT2D eigenvalue weighted by Gasteiger charge is -2.34. The molecule has 0 aliphatic carbocycles. The van der Waals surface area contributed by atoms with E-state index in [0.29, 0.717) is 11.7 Å². The highest BCUT2D eigenvalue weighted by Gasteiger charge is 2.25. The Morgan fingerprint density at radius 3 is 2.48 bits per heavy atom. The Morgan fingerprint density at radius 1 is 1.00 bits per heavy atom. The van der Waals surface area contributed by atoms with E-state index in [1.54, 1.807) is 6.08 Å². The number of hydrogen-bond donors (Lipinski definition) is 2. The maximum absolute atomic E-state index is 6.21. The monoisotopic (exact) mass is 278 g/mol. The van der Waals surface area contributed by atoms with Crippen LogP contribution in [-0.2, 0) is 0 Å². The first-order chi connectivity index (χ1) is 10.1. The fourth-order valence-electron chi connectivity index (χ4n) is 2.52. The summed E-state index contributed by atoms with van der Waals surface area (Å²) >= 11 is 0. The van der Waals surface area contributed by atoms with Crippen LogP contribution in [0.1, 0.15) is 17.3 Å². The Hall–Kier alpha value is -2.75. The molecule has 106 valence electrons. The van der Waals surface area contributed by atoms with Crippen molar-refractivity contribution in [2.45, 2.75) is 13.1 Å². The lowest BCUT2D eigenvalue weighted by atomic mass is 10.1. The predicted molar refractivity (Wildman–Crippen MR) is 86.7 cm³/mol. The zero-order valence-electron chi connectivity index (χ0n) is 11.9. The van der Waals surface area contributed by atoms with Gasteiger partial charge in [0.2, 0.25) is 0 Å². The van der Waals surface area contributed by atoms with Crippen molar-refractivity contribution in [3.05, 3.63) is 77.6 Å². The van der Waals surface area contributed by atoms with Crippen LogP contribution in [0.25, 0.3) is 0 Å². The molecule has 0 aromatic heterocycles. The molecule has 2 aromatic carbocycles. The third-order valence-corrected chi connectivity index (χ3v) is 3.47. The van der Waals surface area contributed by atoms with Crippen molar-refractivity contribution in [2.24, 2.45) is 16.5 Å². The summed E-state index contributed by atoms with van der Waals surface area (Å²) in [6.45, 7) is 2.06. The number of aryl methyl sites for hydroxylation is 1. The minimum atomic E-state index is -0.238. The van der Waals surface area contributed by atoms with Crippen LogP contribution in [0.15, 0.2) is 71.5 Å². The first-order valence-electron chi connectivity index (χ1n) is 6.86. The third-order valence-electron chi connectivity index (χ3n) is 3.47. The van der Waals surface area contributed by atoms with Gasteiger partial charge in [0, 0.05) is 11.8 Å². The summed E-state index contributed by atoms with van der Waals surface area (Å²) in [5, 5.41) is 0. The molecule has 1 aliphatic rings. The second-order valence-corrected chi connectivity index (χ2v) is 5.12. The van der Waals surface area contributed by atoms with Gasteiger partial charge in [0.1, 0.15) is 11.7 Å². The quantitative estimate of drug-likeness (QED) is 0.887. The average Bonchev–Trinajstić information content (AvgIpc) is 2.47. The summed E-state index contributed by atoms with van der Waals surface area (Å²) in [6.07, 6.45) is 1.46. The van der Waals surface area contributed by atoms with E-state index in [1.807, 2.05) is 47.4 Å². The van der Waals surface area contributed by atoms with Gasteiger partial charge in [-0.2, -0.15) is 0 Å². The summed E-state index contributed by atoms with van der Waals surface area (Å²) in [4.78, 5) is 6.55. The first kappa shape index (κ1) is 13.2. The molecule has 0 saturated carbocycles. The predicted octanol–water partition coefficient (Wildman–Crippen LogP) is 2.67. The number of nitrogens with zero attached hydrogens (tertiary/aromatic N) is 2. The van der Waals surface area contributed by atoms with E-state index in [0.717, 1.165) is 11.3 Å². The number of aliphatic imine (C=N–C) groups is 1. The minimum absolute atomic E-state index is 0.238. The van der Waals surface area contributed by atoms with E-state index in [2.05, 4.69) is 24.0 Å². The number of anilines is 1. The van der Waals surface area contributed by atoms with Crippen molar-refractivity contribution in [1.29, 1.82) is 0 Å². The van der Waals surface area contributed by atoms with E-state index in [9.17, 15) is 0 Å². The molecular weight excluding hydrogens is 260 g/mol. The molecule has 4 heteroatoms. The van der Waals surface area contributed by atoms with Crippen LogP contribution >= 0.6 is 0 Å². The number of hydrogen-bond acceptors (Lipinski definition) is 4. The summed E-state index contributed by atoms with van der Waals surface area (Å²) in [7, 11) is 0. The van der Waals surface area contributed by atoms with E-state index in [4.69, 9.17) is 11.5 Å². The van der Waals surface area contributed by atoms with Crippen molar-refractivity contribution >= 4 is 11.5 Å². The van der Waals surface area contributed by atoms with Crippen LogP contribution in [0.3, 0.4) is 0 Å². The van der Waals surface area contributed by atoms with Crippen molar-refractivity contribution in [3.63, 3.8) is 0 Å². The standard InChI is InChI=1S/C17H18N4/c1-12-6-5-9-14(10-12)21-16(19)11-15(18)20-17(21)13-7-3-2-4-8-13/h2-11,17H,19H2,1H3,(H2,18,20)/t17-/m0/s1. The average molecular weight is 278 g/mol. The lowest BCUT2D eigenvalue weighted by Crippen LogP contribution is -2.36. The fraction of sp³-hybridized carbons (Fsp3) is 0.118. The van der Waals surface area contributed by atoms with Gasteiger partial charge in [0.05, 0.1) is 0 Å². The molecule has 0 unspecified atom stereocenters. The van der Waals surface area contributed by atoms with E-state index < -0.39 is 0 Å². The van der Waals surface area contributed by atoms with Crippen LogP contribution in [0, 0.1) is 6.92 Å². The van der Waals surface area contributed by atoms with E-state index in [1.165, 1.54) is 5.56 Å². The van der Waals surface area contributed by atoms with E-state index >= 15 is 0 Å². The molecule has 1 atom stereocenters. The highest BCUT2D eigenvalue weighted by atomic mass is 15.3. The van der Waals surface area contributed by atoms with Gasteiger partial charge in [-0.25, -0.2) is 4.99 Å². The van der Waals surface area contributed by atoms with Gasteiger partial charge in [0.25, 0.3) is 0 Å². The van der Waals surface area contributed by atoms with Crippen LogP contribution in [-0.4, -0.2) is 5.84 Å². The summed E-state index contributed by atoms with van der Waals surface area (Å²) in [5.74, 6) is 1.05. The molecule has 1 heterocycles. The molecule has 0 radical (unpaired) electrons. The Balaban J connectivity index is 2.09. The van der Waals surface area contributed by atoms with Crippen LogP contribution in [0.5, 0.6) is 0 Å². The SMILES string of the molecule is Cc1cccc(N2C(N)=CC(N)=N[C@@H]2c2ccccc2)c1. The molecule has 4 nitrogen and oxygen atoms in total. The maximum Gasteiger partial charge on any atom is 0.154 e. The Morgan fingerprint density at radius 2 is 1.76 bits per heavy atom. The van der Waals surface area contributed by atoms with Gasteiger partial charge in [-0.1, -0.05) is 42.5 Å². The van der Waals surface area contributed by atoms with Crippen LogP contribution < -0.4 is 16.4 Å². The molecule has 0 bridgehead atoms. The topological polar surface area (TPSA) is 67.6 Å². The first-order valence-corrected chi connectivity index (χ1v) is 6.86. The third kappa shape index (κ3) is 2.60. The minimum Gasteiger partial charge on any atom is -0.385 e. The summed E-state index contributed by atoms with van der Waals surface area (Å²) in [5.41, 5.74) is 15.3. The highest BCUT2D eigenvalue weighted by molar-refractivity contribution is 5.94. The van der Waals surface area contributed by atoms with Gasteiger partial charge in [-0.05, 0) is 30.2 Å². The summed E-state index contributed by atoms with van der Waals surface area (Å²) < 4.78 is 0. The molecule has 0 amide bonds. The number of nitrogens with two attached hydrogens (primary N) is 2. The Kier molecular flexibility index (Phi) is 3.36. The second-order valence-electron chi connectivity index (χ2n) is 5.12. The molecule has 3 rings (SSSR count). The molecule has 21 heavy (non-hydrogen) atoms. The van der Waals surface area contributed by atoms with Crippen molar-refractivity contribution in [3.8, 4) is 0 Å². The van der Waals surface area contributed by atoms with Crippen LogP contribution in [0.2, 0.25) is 0 Å². The maximum atomic E-state index is 6.21. The molecule has 0 fully saturated rings. The fourth-order valence-corrected chi connectivity index (χ4v) is 2.52. The van der Waals surface area contributed by atoms with E-state index in [-0.39, 0.29) is 6.17 Å². The Labute approximate surface area is 124 Å². The molecule has 2 aromatic rings. The molecular formula is C17H18N4. The van der Waals surface area contributed by atoms with Crippen LogP contribution in [0.4, 0.5) is 5.69 Å². The van der Waals surface area contributed by atoms with Gasteiger partial charge in [0.15, 0.2) is 6.17 Å². The number of amidine groups is 1. The van der Waals surface area contributed by atoms with Crippen molar-refractivity contribution in [2.75, 3.05) is 4.90 Å². The second kappa shape index (κ2) is 5.32. The zero-order chi connectivity index (χ0) is 14.8. The van der Waals surface area contributed by atoms with Gasteiger partial charge in [-0.15, -0.1) is 0 Å².